The second kappa shape index (κ2) is 6.75. The highest BCUT2D eigenvalue weighted by molar-refractivity contribution is 6.30. The zero-order valence-electron chi connectivity index (χ0n) is 12.3. The van der Waals surface area contributed by atoms with E-state index in [4.69, 9.17) is 11.6 Å². The number of benzene rings is 1. The fourth-order valence-electron chi connectivity index (χ4n) is 2.61. The van der Waals surface area contributed by atoms with Crippen molar-refractivity contribution in [1.82, 2.24) is 5.32 Å². The quantitative estimate of drug-likeness (QED) is 0.924. The van der Waals surface area contributed by atoms with Gasteiger partial charge in [0.2, 0.25) is 0 Å². The van der Waals surface area contributed by atoms with Crippen molar-refractivity contribution in [2.75, 3.05) is 6.54 Å². The van der Waals surface area contributed by atoms with E-state index >= 15 is 0 Å². The van der Waals surface area contributed by atoms with Crippen molar-refractivity contribution < 1.29 is 9.59 Å². The van der Waals surface area contributed by atoms with E-state index in [-0.39, 0.29) is 17.7 Å². The van der Waals surface area contributed by atoms with Crippen LogP contribution in [0.4, 0.5) is 0 Å². The van der Waals surface area contributed by atoms with Crippen LogP contribution in [0, 0.1) is 5.92 Å². The number of hydrogen-bond donors (Lipinski definition) is 1. The molecule has 2 amide bonds. The molecule has 1 atom stereocenters. The van der Waals surface area contributed by atoms with E-state index in [1.54, 1.807) is 30.3 Å². The van der Waals surface area contributed by atoms with Crippen molar-refractivity contribution in [3.8, 4) is 0 Å². The molecule has 1 unspecified atom stereocenters. The van der Waals surface area contributed by atoms with Crippen LogP contribution < -0.4 is 5.32 Å². The lowest BCUT2D eigenvalue weighted by Crippen LogP contribution is -2.27. The van der Waals surface area contributed by atoms with Gasteiger partial charge < -0.3 is 5.32 Å². The zero-order valence-corrected chi connectivity index (χ0v) is 13.1. The largest absolute Gasteiger partial charge is 0.352 e. The lowest BCUT2D eigenvalue weighted by atomic mass is 9.86. The molecule has 0 spiro atoms. The molecule has 1 aromatic rings. The molecule has 5 heteroatoms. The van der Waals surface area contributed by atoms with Crippen LogP contribution >= 0.6 is 11.6 Å². The SMILES string of the molecule is O=C1C=C(CCNC(=O)c2ccc(Cl)cc2)C2C=CC=CC2=N1. The molecule has 0 fully saturated rings. The third-order valence-corrected chi connectivity index (χ3v) is 4.01. The average Bonchev–Trinajstić information content (AvgIpc) is 2.55. The Bertz CT molecular complexity index is 758. The first-order valence-corrected chi connectivity index (χ1v) is 7.73. The Kier molecular flexibility index (Phi) is 4.53. The number of amides is 2. The Hall–Kier alpha value is -2.46. The van der Waals surface area contributed by atoms with Gasteiger partial charge in [0.1, 0.15) is 0 Å². The first kappa shape index (κ1) is 15.4. The summed E-state index contributed by atoms with van der Waals surface area (Å²) in [6, 6.07) is 6.72. The van der Waals surface area contributed by atoms with Gasteiger partial charge in [0.25, 0.3) is 11.8 Å². The van der Waals surface area contributed by atoms with Gasteiger partial charge in [-0.3, -0.25) is 9.59 Å². The summed E-state index contributed by atoms with van der Waals surface area (Å²) in [5.74, 6) is -0.363. The molecule has 4 nitrogen and oxygen atoms in total. The Morgan fingerprint density at radius 1 is 1.22 bits per heavy atom. The summed E-state index contributed by atoms with van der Waals surface area (Å²) in [4.78, 5) is 27.7. The van der Waals surface area contributed by atoms with Gasteiger partial charge in [-0.05, 0) is 36.8 Å². The maximum Gasteiger partial charge on any atom is 0.269 e. The minimum Gasteiger partial charge on any atom is -0.352 e. The molecule has 1 aromatic carbocycles. The number of carbonyl (C=O) groups excluding carboxylic acids is 2. The highest BCUT2D eigenvalue weighted by Gasteiger charge is 2.23. The van der Waals surface area contributed by atoms with Gasteiger partial charge in [0.05, 0.1) is 5.71 Å². The highest BCUT2D eigenvalue weighted by atomic mass is 35.5. The third kappa shape index (κ3) is 3.66. The molecule has 116 valence electrons. The van der Waals surface area contributed by atoms with Crippen LogP contribution in [-0.2, 0) is 4.79 Å². The van der Waals surface area contributed by atoms with Crippen LogP contribution in [0.3, 0.4) is 0 Å². The Morgan fingerprint density at radius 2 is 2.00 bits per heavy atom. The molecule has 0 saturated heterocycles. The van der Waals surface area contributed by atoms with Crippen LogP contribution in [-0.4, -0.2) is 24.1 Å². The molecule has 1 aliphatic heterocycles. The van der Waals surface area contributed by atoms with Crippen molar-refractivity contribution in [3.05, 3.63) is 70.8 Å². The molecule has 1 N–H and O–H groups in total. The van der Waals surface area contributed by atoms with Crippen molar-refractivity contribution in [3.63, 3.8) is 0 Å². The van der Waals surface area contributed by atoms with Gasteiger partial charge in [-0.25, -0.2) is 4.99 Å². The van der Waals surface area contributed by atoms with E-state index in [0.717, 1.165) is 11.3 Å². The maximum absolute atomic E-state index is 12.1. The molecule has 1 heterocycles. The van der Waals surface area contributed by atoms with Crippen molar-refractivity contribution >= 4 is 29.1 Å². The number of allylic oxidation sites excluding steroid dienone is 4. The fraction of sp³-hybridized carbons (Fsp3) is 0.167. The molecule has 2 aliphatic rings. The molecule has 23 heavy (non-hydrogen) atoms. The molecule has 0 saturated carbocycles. The average molecular weight is 327 g/mol. The predicted octanol–water partition coefficient (Wildman–Crippen LogP) is 3.11. The fourth-order valence-corrected chi connectivity index (χ4v) is 2.74. The van der Waals surface area contributed by atoms with E-state index in [1.807, 2.05) is 24.3 Å². The number of aliphatic imine (C=N–C) groups is 1. The van der Waals surface area contributed by atoms with Crippen molar-refractivity contribution in [2.45, 2.75) is 6.42 Å². The molecular formula is C18H15ClN2O2. The normalized spacial score (nSPS) is 19.0. The molecular weight excluding hydrogens is 312 g/mol. The molecule has 1 aliphatic carbocycles. The summed E-state index contributed by atoms with van der Waals surface area (Å²) < 4.78 is 0. The van der Waals surface area contributed by atoms with Gasteiger partial charge >= 0.3 is 0 Å². The maximum atomic E-state index is 12.1. The summed E-state index contributed by atoms with van der Waals surface area (Å²) in [5, 5.41) is 3.45. The monoisotopic (exact) mass is 326 g/mol. The standard InChI is InChI=1S/C18H15ClN2O2/c19-14-7-5-12(6-8-14)18(23)20-10-9-13-11-17(22)21-16-4-2-1-3-15(13)16/h1-8,11,15H,9-10H2,(H,20,23). The second-order valence-corrected chi connectivity index (χ2v) is 5.77. The highest BCUT2D eigenvalue weighted by Crippen LogP contribution is 2.25. The van der Waals surface area contributed by atoms with Crippen molar-refractivity contribution in [2.24, 2.45) is 10.9 Å². The number of hydrogen-bond acceptors (Lipinski definition) is 2. The van der Waals surface area contributed by atoms with E-state index in [2.05, 4.69) is 10.3 Å². The number of carbonyl (C=O) groups is 2. The van der Waals surface area contributed by atoms with Crippen molar-refractivity contribution in [1.29, 1.82) is 0 Å². The van der Waals surface area contributed by atoms with Gasteiger partial charge in [-0.15, -0.1) is 0 Å². The molecule has 0 bridgehead atoms. The number of nitrogens with one attached hydrogen (secondary N) is 1. The first-order chi connectivity index (χ1) is 11.1. The second-order valence-electron chi connectivity index (χ2n) is 5.33. The summed E-state index contributed by atoms with van der Waals surface area (Å²) in [6.07, 6.45) is 9.84. The Morgan fingerprint density at radius 3 is 2.78 bits per heavy atom. The van der Waals surface area contributed by atoms with Crippen LogP contribution in [0.1, 0.15) is 16.8 Å². The number of dihydropyridines is 1. The Labute approximate surface area is 139 Å². The number of nitrogens with zero attached hydrogens (tertiary/aromatic N) is 1. The smallest absolute Gasteiger partial charge is 0.269 e. The van der Waals surface area contributed by atoms with E-state index in [0.29, 0.717) is 23.6 Å². The van der Waals surface area contributed by atoms with Crippen LogP contribution in [0.25, 0.3) is 0 Å². The Balaban J connectivity index is 1.59. The summed E-state index contributed by atoms with van der Waals surface area (Å²) in [6.45, 7) is 0.460. The van der Waals surface area contributed by atoms with Gasteiger partial charge in [0, 0.05) is 29.1 Å². The molecule has 0 aromatic heterocycles. The van der Waals surface area contributed by atoms with Gasteiger partial charge in [-0.2, -0.15) is 0 Å². The van der Waals surface area contributed by atoms with Crippen LogP contribution in [0.5, 0.6) is 0 Å². The molecule has 3 rings (SSSR count). The topological polar surface area (TPSA) is 58.5 Å². The van der Waals surface area contributed by atoms with Crippen LogP contribution in [0.15, 0.2) is 65.2 Å². The first-order valence-electron chi connectivity index (χ1n) is 7.35. The third-order valence-electron chi connectivity index (χ3n) is 3.75. The minimum absolute atomic E-state index is 0.0325. The predicted molar refractivity (Wildman–Crippen MR) is 90.7 cm³/mol. The van der Waals surface area contributed by atoms with Gasteiger partial charge in [-0.1, -0.05) is 35.4 Å². The van der Waals surface area contributed by atoms with E-state index in [9.17, 15) is 9.59 Å². The summed E-state index contributed by atoms with van der Waals surface area (Å²) in [7, 11) is 0. The van der Waals surface area contributed by atoms with E-state index < -0.39 is 0 Å². The van der Waals surface area contributed by atoms with Gasteiger partial charge in [0.15, 0.2) is 0 Å². The van der Waals surface area contributed by atoms with Crippen LogP contribution in [0.2, 0.25) is 5.02 Å². The summed E-state index contributed by atoms with van der Waals surface area (Å²) >= 11 is 5.81. The minimum atomic E-state index is -0.241. The lowest BCUT2D eigenvalue weighted by molar-refractivity contribution is -0.113. The number of halogens is 1. The zero-order chi connectivity index (χ0) is 16.2. The molecule has 0 radical (unpaired) electrons. The number of rotatable bonds is 4. The summed E-state index contributed by atoms with van der Waals surface area (Å²) in [5.41, 5.74) is 2.29. The number of fused-ring (bicyclic) bond motifs is 1. The lowest BCUT2D eigenvalue weighted by Gasteiger charge is -2.22. The van der Waals surface area contributed by atoms with E-state index in [1.165, 1.54) is 0 Å².